The molecule has 0 amide bonds. The summed E-state index contributed by atoms with van der Waals surface area (Å²) >= 11 is 0. The average molecular weight is 454 g/mol. The van der Waals surface area contributed by atoms with Crippen molar-refractivity contribution in [2.75, 3.05) is 0 Å². The number of carbonyl (C=O) groups is 1. The predicted octanol–water partition coefficient (Wildman–Crippen LogP) is 5.39. The topological polar surface area (TPSA) is 63.6 Å². The van der Waals surface area contributed by atoms with E-state index in [1.54, 1.807) is 5.10 Å². The van der Waals surface area contributed by atoms with Crippen molar-refractivity contribution in [1.29, 1.82) is 0 Å². The first-order valence-electron chi connectivity index (χ1n) is 8.18. The Morgan fingerprint density at radius 3 is 2.06 bits per heavy atom. The van der Waals surface area contributed by atoms with Gasteiger partial charge in [0.05, 0.1) is 0 Å². The van der Waals surface area contributed by atoms with Gasteiger partial charge in [-0.2, -0.15) is 49.7 Å². The summed E-state index contributed by atoms with van der Waals surface area (Å²) in [6, 6.07) is 2.06. The van der Waals surface area contributed by atoms with Crippen LogP contribution in [0.5, 0.6) is 0 Å². The molecule has 0 saturated carbocycles. The van der Waals surface area contributed by atoms with Crippen LogP contribution in [0.25, 0.3) is 32.6 Å². The first-order valence-corrected chi connectivity index (χ1v) is 8.18. The molecule has 0 spiro atoms. The van der Waals surface area contributed by atoms with Crippen LogP contribution in [0.4, 0.5) is 39.5 Å². The van der Waals surface area contributed by atoms with Crippen molar-refractivity contribution in [3.63, 3.8) is 0 Å². The number of nitrogens with zero attached hydrogens (tertiary/aromatic N) is 3. The molecule has 0 aliphatic carbocycles. The highest BCUT2D eigenvalue weighted by atomic mass is 19.4. The third-order valence-corrected chi connectivity index (χ3v) is 4.68. The van der Waals surface area contributed by atoms with Crippen LogP contribution in [0.15, 0.2) is 18.2 Å². The van der Waals surface area contributed by atoms with Gasteiger partial charge in [-0.1, -0.05) is 6.07 Å². The molecule has 0 radical (unpaired) electrons. The largest absolute Gasteiger partial charge is 0.454 e. The molecule has 0 aliphatic heterocycles. The van der Waals surface area contributed by atoms with E-state index in [-0.39, 0.29) is 0 Å². The highest BCUT2D eigenvalue weighted by Crippen LogP contribution is 2.42. The normalized spacial score (nSPS) is 13.6. The number of aromatic amines is 1. The maximum Gasteiger partial charge on any atom is 0.454 e. The number of Topliss-reactive ketones (excluding diaryl/α,β-unsaturated/α-hetero) is 1. The van der Waals surface area contributed by atoms with Gasteiger partial charge >= 0.3 is 18.5 Å². The number of benzene rings is 2. The van der Waals surface area contributed by atoms with E-state index in [0.29, 0.717) is 10.7 Å². The summed E-state index contributed by atoms with van der Waals surface area (Å²) < 4.78 is 120. The number of aromatic nitrogens is 4. The Morgan fingerprint density at radius 1 is 0.903 bits per heavy atom. The summed E-state index contributed by atoms with van der Waals surface area (Å²) in [6.45, 7) is 0. The summed E-state index contributed by atoms with van der Waals surface area (Å²) in [4.78, 5) is 12.0. The second-order valence-electron chi connectivity index (χ2n) is 6.60. The molecule has 2 aromatic heterocycles. The van der Waals surface area contributed by atoms with E-state index >= 15 is 0 Å². The third-order valence-electron chi connectivity index (χ3n) is 4.68. The molecule has 0 saturated heterocycles. The lowest BCUT2D eigenvalue weighted by atomic mass is 9.95. The van der Waals surface area contributed by atoms with Gasteiger partial charge in [0.1, 0.15) is 22.4 Å². The highest BCUT2D eigenvalue weighted by molar-refractivity contribution is 6.25. The number of rotatable bonds is 1. The van der Waals surface area contributed by atoms with Gasteiger partial charge in [0.15, 0.2) is 0 Å². The second kappa shape index (κ2) is 6.11. The molecule has 0 bridgehead atoms. The van der Waals surface area contributed by atoms with Gasteiger partial charge in [-0.05, 0) is 12.1 Å². The molecule has 0 atom stereocenters. The maximum atomic E-state index is 13.4. The molecule has 0 aliphatic rings. The van der Waals surface area contributed by atoms with E-state index in [4.69, 9.17) is 0 Å². The van der Waals surface area contributed by atoms with Gasteiger partial charge in [0.2, 0.25) is 0 Å². The van der Waals surface area contributed by atoms with Crippen molar-refractivity contribution in [3.05, 3.63) is 35.2 Å². The fourth-order valence-electron chi connectivity index (χ4n) is 3.53. The van der Waals surface area contributed by atoms with Gasteiger partial charge in [-0.3, -0.25) is 14.6 Å². The number of ketones is 1. The van der Waals surface area contributed by atoms with Gasteiger partial charge < -0.3 is 0 Å². The van der Waals surface area contributed by atoms with E-state index in [2.05, 4.69) is 10.2 Å². The van der Waals surface area contributed by atoms with Crippen molar-refractivity contribution < 1.29 is 44.3 Å². The minimum absolute atomic E-state index is 0.321. The minimum atomic E-state index is -5.51. The fourth-order valence-corrected chi connectivity index (χ4v) is 3.53. The number of alkyl halides is 9. The van der Waals surface area contributed by atoms with Gasteiger partial charge in [0, 0.05) is 34.2 Å². The van der Waals surface area contributed by atoms with Gasteiger partial charge in [-0.15, -0.1) is 0 Å². The minimum Gasteiger partial charge on any atom is -0.284 e. The molecule has 2 aromatic carbocycles. The van der Waals surface area contributed by atoms with Crippen molar-refractivity contribution in [1.82, 2.24) is 20.0 Å². The number of nitrogens with one attached hydrogen (secondary N) is 1. The summed E-state index contributed by atoms with van der Waals surface area (Å²) in [5.74, 6) is -2.53. The van der Waals surface area contributed by atoms with Crippen LogP contribution in [-0.2, 0) is 19.4 Å². The Hall–Kier alpha value is -3.32. The summed E-state index contributed by atoms with van der Waals surface area (Å²) in [7, 11) is 0.898. The molecule has 4 rings (SSSR count). The van der Waals surface area contributed by atoms with Crippen LogP contribution in [0, 0.1) is 0 Å². The quantitative estimate of drug-likeness (QED) is 0.310. The zero-order chi connectivity index (χ0) is 23.1. The monoisotopic (exact) mass is 454 g/mol. The molecule has 31 heavy (non-hydrogen) atoms. The SMILES string of the molecule is Cn1nc2c(ccc3c4n[nH]c(C(F)(F)F)c4cc(C(=O)C(F)(F)F)c32)c1C(F)(F)F. The number of H-pyrrole nitrogens is 1. The van der Waals surface area contributed by atoms with Crippen LogP contribution < -0.4 is 0 Å². The standard InChI is InChI=1S/C17H7F9N4O/c1-30-13(16(21,22)23)6-3-2-5-9(11(6)29-30)7(14(31)17(24,25)26)4-8-10(5)27-28-12(8)15(18,19)20/h2-4H,1H3,(H,27,28). The van der Waals surface area contributed by atoms with E-state index in [1.807, 2.05) is 0 Å². The van der Waals surface area contributed by atoms with E-state index in [0.717, 1.165) is 19.2 Å². The Balaban J connectivity index is 2.25. The highest BCUT2D eigenvalue weighted by Gasteiger charge is 2.43. The predicted molar refractivity (Wildman–Crippen MR) is 88.3 cm³/mol. The molecular weight excluding hydrogens is 447 g/mol. The third kappa shape index (κ3) is 3.08. The van der Waals surface area contributed by atoms with Crippen molar-refractivity contribution in [3.8, 4) is 0 Å². The fraction of sp³-hybridized carbons (Fsp3) is 0.235. The van der Waals surface area contributed by atoms with E-state index in [1.165, 1.54) is 0 Å². The Kier molecular flexibility index (Phi) is 4.12. The molecule has 5 nitrogen and oxygen atoms in total. The average Bonchev–Trinajstić information content (AvgIpc) is 3.18. The first-order chi connectivity index (χ1) is 14.1. The number of carbonyl (C=O) groups excluding carboxylic acids is 1. The summed E-state index contributed by atoms with van der Waals surface area (Å²) in [5, 5.41) is 6.22. The van der Waals surface area contributed by atoms with Gasteiger partial charge in [0.25, 0.3) is 5.78 Å². The zero-order valence-corrected chi connectivity index (χ0v) is 14.9. The molecule has 4 aromatic rings. The van der Waals surface area contributed by atoms with Crippen molar-refractivity contribution >= 4 is 38.4 Å². The smallest absolute Gasteiger partial charge is 0.284 e. The van der Waals surface area contributed by atoms with Crippen LogP contribution in [0.1, 0.15) is 21.7 Å². The molecule has 164 valence electrons. The Labute approximate surface area is 164 Å². The summed E-state index contributed by atoms with van der Waals surface area (Å²) in [5.41, 5.74) is -5.16. The van der Waals surface area contributed by atoms with Crippen LogP contribution in [-0.4, -0.2) is 31.9 Å². The number of halogens is 9. The first kappa shape index (κ1) is 20.9. The Bertz CT molecular complexity index is 1370. The van der Waals surface area contributed by atoms with Crippen LogP contribution >= 0.6 is 0 Å². The lowest BCUT2D eigenvalue weighted by Gasteiger charge is -2.11. The van der Waals surface area contributed by atoms with E-state index in [9.17, 15) is 44.3 Å². The molecule has 1 N–H and O–H groups in total. The van der Waals surface area contributed by atoms with Gasteiger partial charge in [-0.25, -0.2) is 0 Å². The lowest BCUT2D eigenvalue weighted by molar-refractivity contribution is -0.142. The second-order valence-corrected chi connectivity index (χ2v) is 6.60. The molecule has 2 heterocycles. The van der Waals surface area contributed by atoms with Crippen molar-refractivity contribution in [2.45, 2.75) is 18.5 Å². The maximum absolute atomic E-state index is 13.4. The number of fused-ring (bicyclic) bond motifs is 5. The molecule has 0 fully saturated rings. The Morgan fingerprint density at radius 2 is 1.52 bits per heavy atom. The van der Waals surface area contributed by atoms with Crippen LogP contribution in [0.3, 0.4) is 0 Å². The lowest BCUT2D eigenvalue weighted by Crippen LogP contribution is -2.23. The number of hydrogen-bond acceptors (Lipinski definition) is 3. The molecular formula is C17H7F9N4O. The van der Waals surface area contributed by atoms with Crippen molar-refractivity contribution in [2.24, 2.45) is 7.05 Å². The molecule has 0 unspecified atom stereocenters. The summed E-state index contributed by atoms with van der Waals surface area (Å²) in [6.07, 6.45) is -15.5. The van der Waals surface area contributed by atoms with E-state index < -0.39 is 73.8 Å². The number of aryl methyl sites for hydroxylation is 1. The zero-order valence-electron chi connectivity index (χ0n) is 14.9. The molecule has 14 heteroatoms. The number of hydrogen-bond donors (Lipinski definition) is 1. The van der Waals surface area contributed by atoms with Crippen LogP contribution in [0.2, 0.25) is 0 Å².